The molecule has 1 aliphatic carbocycles. The maximum atomic E-state index is 2.53. The van der Waals surface area contributed by atoms with Gasteiger partial charge in [-0.25, -0.2) is 0 Å². The van der Waals surface area contributed by atoms with Gasteiger partial charge < -0.3 is 0 Å². The standard InChI is InChI=1S/C29H46/c1-13-15-26-24(10)28(23(9)20(6)25(11)29(26,12)16-14-2)27-21(7)18(4)17(3)19(5)22(27)8/h23,28H,13-16H2,1-12H3. The molecule has 0 saturated heterocycles. The fourth-order valence-corrected chi connectivity index (χ4v) is 6.27. The van der Waals surface area contributed by atoms with Crippen molar-refractivity contribution < 1.29 is 0 Å². The summed E-state index contributed by atoms with van der Waals surface area (Å²) in [7, 11) is 0. The Labute approximate surface area is 181 Å². The fraction of sp³-hybridized carbons (Fsp3) is 0.655. The molecule has 0 spiro atoms. The first-order valence-electron chi connectivity index (χ1n) is 11.9. The van der Waals surface area contributed by atoms with E-state index >= 15 is 0 Å². The molecule has 0 amide bonds. The van der Waals surface area contributed by atoms with Gasteiger partial charge in [0.2, 0.25) is 0 Å². The van der Waals surface area contributed by atoms with Gasteiger partial charge in [0, 0.05) is 11.3 Å². The second-order valence-corrected chi connectivity index (χ2v) is 10.1. The second-order valence-electron chi connectivity index (χ2n) is 10.1. The molecule has 0 fully saturated rings. The van der Waals surface area contributed by atoms with Gasteiger partial charge in [-0.3, -0.25) is 0 Å². The van der Waals surface area contributed by atoms with Gasteiger partial charge in [0.25, 0.3) is 0 Å². The van der Waals surface area contributed by atoms with Crippen LogP contribution < -0.4 is 0 Å². The third-order valence-electron chi connectivity index (χ3n) is 8.83. The highest BCUT2D eigenvalue weighted by atomic mass is 14.4. The van der Waals surface area contributed by atoms with Crippen LogP contribution in [0.1, 0.15) is 113 Å². The van der Waals surface area contributed by atoms with E-state index in [0.29, 0.717) is 11.8 Å². The molecule has 0 heterocycles. The van der Waals surface area contributed by atoms with Gasteiger partial charge in [0.1, 0.15) is 0 Å². The number of allylic oxidation sites excluding steroid dienone is 4. The third kappa shape index (κ3) is 3.77. The molecule has 1 aliphatic rings. The van der Waals surface area contributed by atoms with Crippen LogP contribution in [0.2, 0.25) is 0 Å². The van der Waals surface area contributed by atoms with E-state index in [1.54, 1.807) is 27.9 Å². The van der Waals surface area contributed by atoms with Crippen molar-refractivity contribution in [2.45, 2.75) is 115 Å². The summed E-state index contributed by atoms with van der Waals surface area (Å²) in [6, 6.07) is 0. The molecule has 0 nitrogen and oxygen atoms in total. The van der Waals surface area contributed by atoms with Gasteiger partial charge in [-0.1, -0.05) is 62.8 Å². The first-order chi connectivity index (χ1) is 13.4. The van der Waals surface area contributed by atoms with E-state index in [2.05, 4.69) is 83.1 Å². The summed E-state index contributed by atoms with van der Waals surface area (Å²) in [6.45, 7) is 28.7. The van der Waals surface area contributed by atoms with E-state index in [1.165, 1.54) is 53.5 Å². The minimum absolute atomic E-state index is 0.207. The Morgan fingerprint density at radius 3 is 1.62 bits per heavy atom. The summed E-state index contributed by atoms with van der Waals surface area (Å²) in [5.74, 6) is 1.03. The van der Waals surface area contributed by atoms with Crippen LogP contribution >= 0.6 is 0 Å². The predicted molar refractivity (Wildman–Crippen MR) is 131 cm³/mol. The lowest BCUT2D eigenvalue weighted by Gasteiger charge is -2.36. The molecule has 2 rings (SSSR count). The van der Waals surface area contributed by atoms with Crippen molar-refractivity contribution in [1.29, 1.82) is 0 Å². The van der Waals surface area contributed by atoms with Crippen molar-refractivity contribution in [3.63, 3.8) is 0 Å². The SMILES string of the molecule is CCCC1=C(C)C(c2c(C)c(C)c(C)c(C)c2C)C(C)C(C)=C(C)C1(C)CCC. The Balaban J connectivity index is 2.95. The Kier molecular flexibility index (Phi) is 7.30. The highest BCUT2D eigenvalue weighted by Crippen LogP contribution is 2.54. The van der Waals surface area contributed by atoms with Crippen molar-refractivity contribution >= 4 is 0 Å². The van der Waals surface area contributed by atoms with Crippen molar-refractivity contribution in [2.75, 3.05) is 0 Å². The second kappa shape index (κ2) is 8.83. The van der Waals surface area contributed by atoms with Gasteiger partial charge in [-0.05, 0) is 108 Å². The highest BCUT2D eigenvalue weighted by molar-refractivity contribution is 5.55. The van der Waals surface area contributed by atoms with Gasteiger partial charge in [0.05, 0.1) is 0 Å². The molecule has 3 atom stereocenters. The van der Waals surface area contributed by atoms with Crippen LogP contribution in [0.5, 0.6) is 0 Å². The average Bonchev–Trinajstić information content (AvgIpc) is 2.73. The molecule has 0 aliphatic heterocycles. The molecular weight excluding hydrogens is 348 g/mol. The molecule has 0 N–H and O–H groups in total. The summed E-state index contributed by atoms with van der Waals surface area (Å²) in [6.07, 6.45) is 4.94. The van der Waals surface area contributed by atoms with Gasteiger partial charge in [-0.2, -0.15) is 0 Å². The molecule has 0 saturated carbocycles. The van der Waals surface area contributed by atoms with Crippen LogP contribution in [0, 0.1) is 46.0 Å². The normalized spacial score (nSPS) is 25.7. The van der Waals surface area contributed by atoms with Crippen molar-refractivity contribution in [1.82, 2.24) is 0 Å². The zero-order valence-electron chi connectivity index (χ0n) is 21.5. The maximum Gasteiger partial charge on any atom is 0.0117 e. The predicted octanol–water partition coefficient (Wildman–Crippen LogP) is 9.22. The lowest BCUT2D eigenvalue weighted by molar-refractivity contribution is 0.410. The monoisotopic (exact) mass is 394 g/mol. The summed E-state index contributed by atoms with van der Waals surface area (Å²) >= 11 is 0. The Bertz CT molecular complexity index is 816. The highest BCUT2D eigenvalue weighted by Gasteiger charge is 2.40. The molecule has 3 unspecified atom stereocenters. The summed E-state index contributed by atoms with van der Waals surface area (Å²) in [5.41, 5.74) is 15.9. The van der Waals surface area contributed by atoms with Crippen molar-refractivity contribution in [2.24, 2.45) is 11.3 Å². The Morgan fingerprint density at radius 2 is 1.17 bits per heavy atom. The average molecular weight is 395 g/mol. The lowest BCUT2D eigenvalue weighted by Crippen LogP contribution is -2.22. The molecule has 162 valence electrons. The number of rotatable bonds is 5. The molecule has 0 heteroatoms. The van der Waals surface area contributed by atoms with Crippen LogP contribution in [0.25, 0.3) is 0 Å². The Hall–Kier alpha value is -1.30. The van der Waals surface area contributed by atoms with Crippen molar-refractivity contribution in [3.8, 4) is 0 Å². The molecular formula is C29H46. The van der Waals surface area contributed by atoms with E-state index in [1.807, 2.05) is 0 Å². The maximum absolute atomic E-state index is 2.53. The van der Waals surface area contributed by atoms with Crippen LogP contribution in [-0.4, -0.2) is 0 Å². The first kappa shape index (κ1) is 24.0. The Morgan fingerprint density at radius 1 is 0.690 bits per heavy atom. The number of hydrogen-bond donors (Lipinski definition) is 0. The zero-order valence-corrected chi connectivity index (χ0v) is 21.5. The van der Waals surface area contributed by atoms with Crippen LogP contribution in [0.3, 0.4) is 0 Å². The van der Waals surface area contributed by atoms with Crippen molar-refractivity contribution in [3.05, 3.63) is 55.7 Å². The van der Waals surface area contributed by atoms with E-state index in [4.69, 9.17) is 0 Å². The van der Waals surface area contributed by atoms with Crippen LogP contribution in [0.4, 0.5) is 0 Å². The largest absolute Gasteiger partial charge is 0.0698 e. The molecule has 1 aromatic carbocycles. The lowest BCUT2D eigenvalue weighted by atomic mass is 9.69. The summed E-state index contributed by atoms with van der Waals surface area (Å²) < 4.78 is 0. The molecule has 0 bridgehead atoms. The quantitative estimate of drug-likeness (QED) is 0.436. The van der Waals surface area contributed by atoms with Gasteiger partial charge in [-0.15, -0.1) is 0 Å². The summed E-state index contributed by atoms with van der Waals surface area (Å²) in [4.78, 5) is 0. The smallest absolute Gasteiger partial charge is 0.0117 e. The van der Waals surface area contributed by atoms with Gasteiger partial charge >= 0.3 is 0 Å². The zero-order chi connectivity index (χ0) is 22.3. The molecule has 29 heavy (non-hydrogen) atoms. The fourth-order valence-electron chi connectivity index (χ4n) is 6.27. The van der Waals surface area contributed by atoms with E-state index in [-0.39, 0.29) is 5.41 Å². The van der Waals surface area contributed by atoms with Crippen LogP contribution in [0.15, 0.2) is 22.3 Å². The number of hydrogen-bond acceptors (Lipinski definition) is 0. The summed E-state index contributed by atoms with van der Waals surface area (Å²) in [5, 5.41) is 0. The van der Waals surface area contributed by atoms with E-state index in [0.717, 1.165) is 0 Å². The molecule has 0 radical (unpaired) electrons. The molecule has 0 aromatic heterocycles. The minimum Gasteiger partial charge on any atom is -0.0698 e. The number of benzene rings is 1. The van der Waals surface area contributed by atoms with Gasteiger partial charge in [0.15, 0.2) is 0 Å². The minimum atomic E-state index is 0.207. The van der Waals surface area contributed by atoms with E-state index in [9.17, 15) is 0 Å². The third-order valence-corrected chi connectivity index (χ3v) is 8.83. The first-order valence-corrected chi connectivity index (χ1v) is 11.9. The van der Waals surface area contributed by atoms with E-state index < -0.39 is 0 Å². The van der Waals surface area contributed by atoms with Crippen LogP contribution in [-0.2, 0) is 0 Å². The molecule has 1 aromatic rings. The topological polar surface area (TPSA) is 0 Å².